The van der Waals surface area contributed by atoms with Crippen molar-refractivity contribution in [3.63, 3.8) is 0 Å². The quantitative estimate of drug-likeness (QED) is 0.768. The van der Waals surface area contributed by atoms with E-state index in [2.05, 4.69) is 26.1 Å². The molecule has 0 aromatic carbocycles. The van der Waals surface area contributed by atoms with E-state index in [-0.39, 0.29) is 22.8 Å². The van der Waals surface area contributed by atoms with Gasteiger partial charge in [-0.2, -0.15) is 11.8 Å². The molecule has 1 aliphatic carbocycles. The lowest BCUT2D eigenvalue weighted by Gasteiger charge is -2.31. The normalized spacial score (nSPS) is 23.4. The number of aliphatic hydroxyl groups excluding tert-OH is 1. The van der Waals surface area contributed by atoms with Gasteiger partial charge in [0.2, 0.25) is 0 Å². The lowest BCUT2D eigenvalue weighted by Crippen LogP contribution is -2.43. The van der Waals surface area contributed by atoms with Crippen molar-refractivity contribution in [1.29, 1.82) is 0 Å². The summed E-state index contributed by atoms with van der Waals surface area (Å²) in [5.74, 6) is 1.17. The van der Waals surface area contributed by atoms with Gasteiger partial charge >= 0.3 is 6.03 Å². The number of thioether (sulfide) groups is 1. The van der Waals surface area contributed by atoms with E-state index in [9.17, 15) is 9.90 Å². The van der Waals surface area contributed by atoms with Crippen molar-refractivity contribution in [3.05, 3.63) is 0 Å². The molecule has 0 unspecified atom stereocenters. The van der Waals surface area contributed by atoms with Crippen LogP contribution >= 0.6 is 11.8 Å². The van der Waals surface area contributed by atoms with E-state index in [0.717, 1.165) is 25.0 Å². The first kappa shape index (κ1) is 17.6. The SMILES string of the molecule is CN(C[C@@H]1CCCC[C@H]1O)C(=O)NCCSC(C)(C)C. The molecule has 1 saturated carbocycles. The molecule has 20 heavy (non-hydrogen) atoms. The molecule has 118 valence electrons. The van der Waals surface area contributed by atoms with Gasteiger partial charge in [0.15, 0.2) is 0 Å². The topological polar surface area (TPSA) is 52.6 Å². The van der Waals surface area contributed by atoms with E-state index >= 15 is 0 Å². The summed E-state index contributed by atoms with van der Waals surface area (Å²) in [5, 5.41) is 12.9. The zero-order valence-electron chi connectivity index (χ0n) is 13.3. The molecule has 1 fully saturated rings. The molecule has 0 bridgehead atoms. The first-order valence-electron chi connectivity index (χ1n) is 7.60. The predicted octanol–water partition coefficient (Wildman–Crippen LogP) is 2.71. The molecule has 2 amide bonds. The van der Waals surface area contributed by atoms with Gasteiger partial charge in [-0.25, -0.2) is 4.79 Å². The van der Waals surface area contributed by atoms with Crippen molar-refractivity contribution in [2.45, 2.75) is 57.3 Å². The van der Waals surface area contributed by atoms with Crippen molar-refractivity contribution in [2.75, 3.05) is 25.9 Å². The maximum absolute atomic E-state index is 12.0. The highest BCUT2D eigenvalue weighted by molar-refractivity contribution is 8.00. The lowest BCUT2D eigenvalue weighted by molar-refractivity contribution is 0.0565. The maximum atomic E-state index is 12.0. The largest absolute Gasteiger partial charge is 0.393 e. The first-order valence-corrected chi connectivity index (χ1v) is 8.59. The second-order valence-electron chi connectivity index (χ2n) is 6.69. The van der Waals surface area contributed by atoms with Crippen LogP contribution < -0.4 is 5.32 Å². The van der Waals surface area contributed by atoms with Gasteiger partial charge in [0.05, 0.1) is 6.10 Å². The Hall–Kier alpha value is -0.420. The molecule has 0 aliphatic heterocycles. The average molecular weight is 302 g/mol. The van der Waals surface area contributed by atoms with Crippen LogP contribution in [0.4, 0.5) is 4.79 Å². The van der Waals surface area contributed by atoms with Gasteiger partial charge in [-0.3, -0.25) is 0 Å². The van der Waals surface area contributed by atoms with Crippen molar-refractivity contribution in [1.82, 2.24) is 10.2 Å². The average Bonchev–Trinajstić information content (AvgIpc) is 2.36. The van der Waals surface area contributed by atoms with E-state index in [1.807, 2.05) is 18.8 Å². The number of urea groups is 1. The molecular weight excluding hydrogens is 272 g/mol. The third-order valence-electron chi connectivity index (χ3n) is 3.64. The van der Waals surface area contributed by atoms with Crippen LogP contribution in [-0.4, -0.2) is 52.8 Å². The van der Waals surface area contributed by atoms with Gasteiger partial charge in [0.1, 0.15) is 0 Å². The summed E-state index contributed by atoms with van der Waals surface area (Å²) >= 11 is 1.85. The summed E-state index contributed by atoms with van der Waals surface area (Å²) in [4.78, 5) is 13.7. The van der Waals surface area contributed by atoms with Gasteiger partial charge in [-0.1, -0.05) is 33.6 Å². The molecule has 0 aromatic heterocycles. The Labute approximate surface area is 127 Å². The highest BCUT2D eigenvalue weighted by atomic mass is 32.2. The van der Waals surface area contributed by atoms with Crippen LogP contribution in [0.5, 0.6) is 0 Å². The second kappa shape index (κ2) is 8.13. The molecule has 4 nitrogen and oxygen atoms in total. The van der Waals surface area contributed by atoms with Gasteiger partial charge in [0.25, 0.3) is 0 Å². The van der Waals surface area contributed by atoms with Crippen LogP contribution in [0.3, 0.4) is 0 Å². The Morgan fingerprint density at radius 3 is 2.60 bits per heavy atom. The van der Waals surface area contributed by atoms with Crippen molar-refractivity contribution in [3.8, 4) is 0 Å². The van der Waals surface area contributed by atoms with E-state index in [4.69, 9.17) is 0 Å². The van der Waals surface area contributed by atoms with Crippen LogP contribution in [0.15, 0.2) is 0 Å². The molecule has 0 aromatic rings. The van der Waals surface area contributed by atoms with Gasteiger partial charge < -0.3 is 15.3 Å². The Morgan fingerprint density at radius 2 is 2.00 bits per heavy atom. The standard InChI is InChI=1S/C15H30N2O2S/c1-15(2,3)20-10-9-16-14(19)17(4)11-12-7-5-6-8-13(12)18/h12-13,18H,5-11H2,1-4H3,(H,16,19)/t12-,13+/m0/s1. The smallest absolute Gasteiger partial charge is 0.317 e. The molecule has 0 heterocycles. The minimum Gasteiger partial charge on any atom is -0.393 e. The summed E-state index contributed by atoms with van der Waals surface area (Å²) in [6.07, 6.45) is 3.94. The van der Waals surface area contributed by atoms with Gasteiger partial charge in [0, 0.05) is 36.6 Å². The number of hydrogen-bond donors (Lipinski definition) is 2. The zero-order chi connectivity index (χ0) is 15.2. The highest BCUT2D eigenvalue weighted by Gasteiger charge is 2.25. The molecule has 2 atom stereocenters. The predicted molar refractivity (Wildman–Crippen MR) is 86.2 cm³/mol. The fraction of sp³-hybridized carbons (Fsp3) is 0.933. The third kappa shape index (κ3) is 6.84. The molecule has 1 rings (SSSR count). The monoisotopic (exact) mass is 302 g/mol. The first-order chi connectivity index (χ1) is 9.29. The Morgan fingerprint density at radius 1 is 1.35 bits per heavy atom. The number of aliphatic hydroxyl groups is 1. The number of carbonyl (C=O) groups excluding carboxylic acids is 1. The third-order valence-corrected chi connectivity index (χ3v) is 4.91. The number of rotatable bonds is 5. The van der Waals surface area contributed by atoms with Crippen molar-refractivity contribution >= 4 is 17.8 Å². The Kier molecular flexibility index (Phi) is 7.17. The number of nitrogens with zero attached hydrogens (tertiary/aromatic N) is 1. The maximum Gasteiger partial charge on any atom is 0.317 e. The van der Waals surface area contributed by atoms with Crippen LogP contribution in [0.2, 0.25) is 0 Å². The summed E-state index contributed by atoms with van der Waals surface area (Å²) < 4.78 is 0.239. The summed E-state index contributed by atoms with van der Waals surface area (Å²) in [6, 6.07) is -0.0303. The van der Waals surface area contributed by atoms with E-state index in [1.54, 1.807) is 4.90 Å². The highest BCUT2D eigenvalue weighted by Crippen LogP contribution is 2.25. The Bertz CT molecular complexity index is 305. The zero-order valence-corrected chi connectivity index (χ0v) is 14.1. The van der Waals surface area contributed by atoms with Gasteiger partial charge in [-0.05, 0) is 12.8 Å². The van der Waals surface area contributed by atoms with Gasteiger partial charge in [-0.15, -0.1) is 0 Å². The molecular formula is C15H30N2O2S. The number of amides is 2. The minimum absolute atomic E-state index is 0.0303. The van der Waals surface area contributed by atoms with Crippen LogP contribution in [0.1, 0.15) is 46.5 Å². The van der Waals surface area contributed by atoms with E-state index in [0.29, 0.717) is 13.1 Å². The summed E-state index contributed by atoms with van der Waals surface area (Å²) in [7, 11) is 1.81. The number of carbonyl (C=O) groups is 1. The number of nitrogens with one attached hydrogen (secondary N) is 1. The van der Waals surface area contributed by atoms with Crippen molar-refractivity contribution in [2.24, 2.45) is 5.92 Å². The van der Waals surface area contributed by atoms with Crippen LogP contribution in [0, 0.1) is 5.92 Å². The fourth-order valence-electron chi connectivity index (χ4n) is 2.49. The summed E-state index contributed by atoms with van der Waals surface area (Å²) in [6.45, 7) is 7.87. The molecule has 0 spiro atoms. The number of hydrogen-bond acceptors (Lipinski definition) is 3. The summed E-state index contributed by atoms with van der Waals surface area (Å²) in [5.41, 5.74) is 0. The molecule has 0 radical (unpaired) electrons. The van der Waals surface area contributed by atoms with E-state index < -0.39 is 0 Å². The molecule has 5 heteroatoms. The molecule has 0 saturated heterocycles. The van der Waals surface area contributed by atoms with Crippen molar-refractivity contribution < 1.29 is 9.90 Å². The molecule has 2 N–H and O–H groups in total. The second-order valence-corrected chi connectivity index (χ2v) is 8.61. The van der Waals surface area contributed by atoms with Crippen LogP contribution in [0.25, 0.3) is 0 Å². The Balaban J connectivity index is 2.21. The molecule has 1 aliphatic rings. The van der Waals surface area contributed by atoms with E-state index in [1.165, 1.54) is 6.42 Å². The minimum atomic E-state index is -0.240. The fourth-order valence-corrected chi connectivity index (χ4v) is 3.30. The lowest BCUT2D eigenvalue weighted by atomic mass is 9.86. The van der Waals surface area contributed by atoms with Crippen LogP contribution in [-0.2, 0) is 0 Å².